The van der Waals surface area contributed by atoms with Gasteiger partial charge in [0.15, 0.2) is 0 Å². The number of nitrogens with zero attached hydrogens (tertiary/aromatic N) is 2. The average molecular weight is 282 g/mol. The molecule has 2 aromatic rings. The number of benzene rings is 1. The summed E-state index contributed by atoms with van der Waals surface area (Å²) in [6.45, 7) is 3.42. The number of nitrogens with two attached hydrogens (primary N) is 2. The summed E-state index contributed by atoms with van der Waals surface area (Å²) in [4.78, 5) is 18.1. The van der Waals surface area contributed by atoms with Crippen LogP contribution in [0.3, 0.4) is 0 Å². The van der Waals surface area contributed by atoms with Gasteiger partial charge in [-0.25, -0.2) is 4.98 Å². The van der Waals surface area contributed by atoms with Gasteiger partial charge < -0.3 is 16.4 Å². The van der Waals surface area contributed by atoms with Gasteiger partial charge in [0.2, 0.25) is 5.91 Å². The second-order valence-electron chi connectivity index (χ2n) is 5.38. The number of primary amides is 1. The largest absolute Gasteiger partial charge is 0.398 e. The smallest absolute Gasteiger partial charge is 0.248 e. The third kappa shape index (κ3) is 2.54. The van der Waals surface area contributed by atoms with Crippen molar-refractivity contribution in [1.82, 2.24) is 4.98 Å². The zero-order valence-electron chi connectivity index (χ0n) is 12.0. The van der Waals surface area contributed by atoms with Gasteiger partial charge in [-0.1, -0.05) is 12.1 Å². The fourth-order valence-corrected chi connectivity index (χ4v) is 2.76. The zero-order valence-corrected chi connectivity index (χ0v) is 12.0. The SMILES string of the molecule is Cc1cc(C(N)=O)cc(N2CCc3cccc(N)c3C2)n1. The highest BCUT2D eigenvalue weighted by atomic mass is 16.1. The van der Waals surface area contributed by atoms with E-state index in [0.717, 1.165) is 35.7 Å². The van der Waals surface area contributed by atoms with Crippen LogP contribution < -0.4 is 16.4 Å². The molecule has 5 nitrogen and oxygen atoms in total. The summed E-state index contributed by atoms with van der Waals surface area (Å²) in [6, 6.07) is 9.47. The van der Waals surface area contributed by atoms with Crippen molar-refractivity contribution in [3.8, 4) is 0 Å². The topological polar surface area (TPSA) is 85.2 Å². The average Bonchev–Trinajstić information content (AvgIpc) is 2.46. The van der Waals surface area contributed by atoms with Gasteiger partial charge in [-0.05, 0) is 42.7 Å². The Kier molecular flexibility index (Phi) is 3.25. The summed E-state index contributed by atoms with van der Waals surface area (Å²) in [5.74, 6) is 0.344. The Morgan fingerprint density at radius 2 is 2.14 bits per heavy atom. The van der Waals surface area contributed by atoms with Gasteiger partial charge in [-0.2, -0.15) is 0 Å². The van der Waals surface area contributed by atoms with E-state index in [4.69, 9.17) is 11.5 Å². The Bertz CT molecular complexity index is 711. The molecule has 0 saturated carbocycles. The maximum atomic E-state index is 11.4. The van der Waals surface area contributed by atoms with Crippen LogP contribution in [0.25, 0.3) is 0 Å². The van der Waals surface area contributed by atoms with Crippen molar-refractivity contribution in [3.63, 3.8) is 0 Å². The monoisotopic (exact) mass is 282 g/mol. The first-order valence-electron chi connectivity index (χ1n) is 6.94. The van der Waals surface area contributed by atoms with E-state index in [2.05, 4.69) is 16.0 Å². The number of pyridine rings is 1. The van der Waals surface area contributed by atoms with E-state index in [9.17, 15) is 4.79 Å². The van der Waals surface area contributed by atoms with Crippen molar-refractivity contribution in [2.24, 2.45) is 5.73 Å². The standard InChI is InChI=1S/C16H18N4O/c1-10-7-12(16(18)21)8-15(19-10)20-6-5-11-3-2-4-14(17)13(11)9-20/h2-4,7-8H,5-6,9,17H2,1H3,(H2,18,21). The fourth-order valence-electron chi connectivity index (χ4n) is 2.76. The van der Waals surface area contributed by atoms with Crippen molar-refractivity contribution in [1.29, 1.82) is 0 Å². The number of anilines is 2. The Labute approximate surface area is 123 Å². The van der Waals surface area contributed by atoms with Gasteiger partial charge in [-0.15, -0.1) is 0 Å². The number of hydrogen-bond acceptors (Lipinski definition) is 4. The summed E-state index contributed by atoms with van der Waals surface area (Å²) in [6.07, 6.45) is 0.919. The summed E-state index contributed by atoms with van der Waals surface area (Å²) in [5.41, 5.74) is 16.0. The number of carbonyl (C=O) groups excluding carboxylic acids is 1. The minimum Gasteiger partial charge on any atom is -0.398 e. The van der Waals surface area contributed by atoms with Crippen LogP contribution >= 0.6 is 0 Å². The molecule has 1 aliphatic rings. The van der Waals surface area contributed by atoms with Crippen LogP contribution in [0.5, 0.6) is 0 Å². The Balaban J connectivity index is 1.96. The summed E-state index contributed by atoms with van der Waals surface area (Å²) >= 11 is 0. The van der Waals surface area contributed by atoms with E-state index in [1.807, 2.05) is 19.1 Å². The molecular weight excluding hydrogens is 264 g/mol. The number of carbonyl (C=O) groups is 1. The molecule has 0 spiro atoms. The second-order valence-corrected chi connectivity index (χ2v) is 5.38. The summed E-state index contributed by atoms with van der Waals surface area (Å²) in [7, 11) is 0. The molecule has 21 heavy (non-hydrogen) atoms. The molecule has 3 rings (SSSR count). The molecule has 1 aromatic heterocycles. The molecule has 0 saturated heterocycles. The lowest BCUT2D eigenvalue weighted by Gasteiger charge is -2.31. The number of amides is 1. The van der Waals surface area contributed by atoms with E-state index >= 15 is 0 Å². The minimum atomic E-state index is -0.432. The highest BCUT2D eigenvalue weighted by Crippen LogP contribution is 2.27. The first-order chi connectivity index (χ1) is 10.0. The number of aryl methyl sites for hydroxylation is 1. The van der Waals surface area contributed by atoms with Gasteiger partial charge in [0.25, 0.3) is 0 Å². The Morgan fingerprint density at radius 3 is 2.90 bits per heavy atom. The molecule has 0 radical (unpaired) electrons. The van der Waals surface area contributed by atoms with Gasteiger partial charge in [0.1, 0.15) is 5.82 Å². The van der Waals surface area contributed by atoms with Crippen LogP contribution in [0, 0.1) is 6.92 Å². The van der Waals surface area contributed by atoms with Gasteiger partial charge in [0.05, 0.1) is 0 Å². The molecule has 1 amide bonds. The van der Waals surface area contributed by atoms with Crippen molar-refractivity contribution >= 4 is 17.4 Å². The molecule has 0 fully saturated rings. The van der Waals surface area contributed by atoms with Gasteiger partial charge in [0, 0.05) is 30.0 Å². The van der Waals surface area contributed by atoms with E-state index in [0.29, 0.717) is 12.1 Å². The van der Waals surface area contributed by atoms with Crippen molar-refractivity contribution in [3.05, 3.63) is 52.7 Å². The minimum absolute atomic E-state index is 0.432. The highest BCUT2D eigenvalue weighted by molar-refractivity contribution is 5.93. The third-order valence-electron chi connectivity index (χ3n) is 3.86. The summed E-state index contributed by atoms with van der Waals surface area (Å²) < 4.78 is 0. The van der Waals surface area contributed by atoms with E-state index in [1.165, 1.54) is 5.56 Å². The Morgan fingerprint density at radius 1 is 1.33 bits per heavy atom. The van der Waals surface area contributed by atoms with E-state index < -0.39 is 5.91 Å². The van der Waals surface area contributed by atoms with Gasteiger partial charge >= 0.3 is 0 Å². The maximum absolute atomic E-state index is 11.4. The van der Waals surface area contributed by atoms with E-state index in [-0.39, 0.29) is 0 Å². The van der Waals surface area contributed by atoms with Crippen LogP contribution in [-0.4, -0.2) is 17.4 Å². The number of fused-ring (bicyclic) bond motifs is 1. The molecule has 108 valence electrons. The summed E-state index contributed by atoms with van der Waals surface area (Å²) in [5, 5.41) is 0. The molecule has 5 heteroatoms. The van der Waals surface area contributed by atoms with Crippen LogP contribution in [0.1, 0.15) is 27.2 Å². The number of aromatic nitrogens is 1. The molecule has 0 unspecified atom stereocenters. The second kappa shape index (κ2) is 5.09. The van der Waals surface area contributed by atoms with Crippen LogP contribution in [0.4, 0.5) is 11.5 Å². The van der Waals surface area contributed by atoms with Crippen molar-refractivity contribution < 1.29 is 4.79 Å². The first kappa shape index (κ1) is 13.4. The quantitative estimate of drug-likeness (QED) is 0.820. The lowest BCUT2D eigenvalue weighted by atomic mass is 9.98. The predicted octanol–water partition coefficient (Wildman–Crippen LogP) is 1.63. The van der Waals surface area contributed by atoms with Gasteiger partial charge in [-0.3, -0.25) is 4.79 Å². The predicted molar refractivity (Wildman–Crippen MR) is 83.1 cm³/mol. The number of hydrogen-bond donors (Lipinski definition) is 2. The molecule has 0 bridgehead atoms. The zero-order chi connectivity index (χ0) is 15.0. The maximum Gasteiger partial charge on any atom is 0.248 e. The number of rotatable bonds is 2. The normalized spacial score (nSPS) is 13.9. The third-order valence-corrected chi connectivity index (χ3v) is 3.86. The molecular formula is C16H18N4O. The lowest BCUT2D eigenvalue weighted by molar-refractivity contribution is 0.1000. The number of nitrogen functional groups attached to an aromatic ring is 1. The molecule has 2 heterocycles. The molecule has 0 atom stereocenters. The van der Waals surface area contributed by atoms with Crippen LogP contribution in [-0.2, 0) is 13.0 Å². The van der Waals surface area contributed by atoms with Crippen LogP contribution in [0.2, 0.25) is 0 Å². The molecule has 1 aliphatic heterocycles. The van der Waals surface area contributed by atoms with Crippen LogP contribution in [0.15, 0.2) is 30.3 Å². The lowest BCUT2D eigenvalue weighted by Crippen LogP contribution is -2.32. The Hall–Kier alpha value is -2.56. The van der Waals surface area contributed by atoms with E-state index in [1.54, 1.807) is 12.1 Å². The first-order valence-corrected chi connectivity index (χ1v) is 6.94. The molecule has 0 aliphatic carbocycles. The molecule has 4 N–H and O–H groups in total. The van der Waals surface area contributed by atoms with Crippen molar-refractivity contribution in [2.75, 3.05) is 17.2 Å². The highest BCUT2D eigenvalue weighted by Gasteiger charge is 2.20. The fraction of sp³-hybridized carbons (Fsp3) is 0.250. The molecule has 1 aromatic carbocycles. The van der Waals surface area contributed by atoms with Crippen molar-refractivity contribution in [2.45, 2.75) is 19.9 Å².